The summed E-state index contributed by atoms with van der Waals surface area (Å²) >= 11 is 0. The number of esters is 1. The van der Waals surface area contributed by atoms with E-state index in [1.54, 1.807) is 24.3 Å². The summed E-state index contributed by atoms with van der Waals surface area (Å²) in [6, 6.07) is 14.4. The van der Waals surface area contributed by atoms with Crippen LogP contribution in [-0.4, -0.2) is 29.1 Å². The van der Waals surface area contributed by atoms with E-state index in [2.05, 4.69) is 15.5 Å². The van der Waals surface area contributed by atoms with Gasteiger partial charge in [0.05, 0.1) is 18.4 Å². The summed E-state index contributed by atoms with van der Waals surface area (Å²) in [5.41, 5.74) is 2.70. The van der Waals surface area contributed by atoms with Crippen molar-refractivity contribution in [3.05, 3.63) is 65.5 Å². The largest absolute Gasteiger partial charge is 0.465 e. The quantitative estimate of drug-likeness (QED) is 0.673. The summed E-state index contributed by atoms with van der Waals surface area (Å²) in [4.78, 5) is 28.3. The minimum Gasteiger partial charge on any atom is -0.465 e. The fourth-order valence-corrected chi connectivity index (χ4v) is 2.49. The SMILES string of the molecule is COC(=O)c1ccccc1NC(=O)CCc1nc(-c2ccc(C)cc2)no1. The molecule has 0 aliphatic rings. The first-order chi connectivity index (χ1) is 13.1. The van der Waals surface area contributed by atoms with E-state index >= 15 is 0 Å². The molecule has 0 aliphatic carbocycles. The average molecular weight is 365 g/mol. The highest BCUT2D eigenvalue weighted by atomic mass is 16.5. The molecule has 0 fully saturated rings. The highest BCUT2D eigenvalue weighted by Gasteiger charge is 2.15. The third-order valence-corrected chi connectivity index (χ3v) is 3.95. The third-order valence-electron chi connectivity index (χ3n) is 3.95. The maximum absolute atomic E-state index is 12.2. The number of amides is 1. The Morgan fingerprint density at radius 1 is 1.11 bits per heavy atom. The molecule has 0 saturated heterocycles. The van der Waals surface area contributed by atoms with Gasteiger partial charge < -0.3 is 14.6 Å². The van der Waals surface area contributed by atoms with Crippen molar-refractivity contribution in [2.24, 2.45) is 0 Å². The number of ether oxygens (including phenoxy) is 1. The van der Waals surface area contributed by atoms with E-state index in [0.717, 1.165) is 11.1 Å². The molecule has 1 amide bonds. The summed E-state index contributed by atoms with van der Waals surface area (Å²) < 4.78 is 9.93. The predicted molar refractivity (Wildman–Crippen MR) is 99.2 cm³/mol. The molecule has 0 bridgehead atoms. The Balaban J connectivity index is 1.60. The minimum atomic E-state index is -0.509. The van der Waals surface area contributed by atoms with Gasteiger partial charge in [-0.1, -0.05) is 47.1 Å². The van der Waals surface area contributed by atoms with Crippen LogP contribution in [0.1, 0.15) is 28.2 Å². The number of carbonyl (C=O) groups is 2. The number of aryl methyl sites for hydroxylation is 2. The molecule has 27 heavy (non-hydrogen) atoms. The summed E-state index contributed by atoms with van der Waals surface area (Å²) in [5, 5.41) is 6.66. The van der Waals surface area contributed by atoms with Crippen LogP contribution in [0.15, 0.2) is 53.1 Å². The Bertz CT molecular complexity index is 948. The van der Waals surface area contributed by atoms with Gasteiger partial charge in [0.25, 0.3) is 0 Å². The zero-order valence-electron chi connectivity index (χ0n) is 15.1. The maximum atomic E-state index is 12.2. The first-order valence-electron chi connectivity index (χ1n) is 8.43. The smallest absolute Gasteiger partial charge is 0.339 e. The van der Waals surface area contributed by atoms with Gasteiger partial charge >= 0.3 is 5.97 Å². The Labute approximate surface area is 156 Å². The fourth-order valence-electron chi connectivity index (χ4n) is 2.49. The Kier molecular flexibility index (Phi) is 5.61. The van der Waals surface area contributed by atoms with Crippen LogP contribution in [0.25, 0.3) is 11.4 Å². The molecule has 0 saturated carbocycles. The second-order valence-corrected chi connectivity index (χ2v) is 5.96. The maximum Gasteiger partial charge on any atom is 0.339 e. The van der Waals surface area contributed by atoms with E-state index in [0.29, 0.717) is 29.4 Å². The van der Waals surface area contributed by atoms with Crippen LogP contribution >= 0.6 is 0 Å². The molecule has 7 nitrogen and oxygen atoms in total. The molecule has 0 spiro atoms. The second-order valence-electron chi connectivity index (χ2n) is 5.96. The normalized spacial score (nSPS) is 10.4. The number of anilines is 1. The molecule has 3 rings (SSSR count). The molecule has 0 radical (unpaired) electrons. The van der Waals surface area contributed by atoms with Crippen molar-refractivity contribution in [1.82, 2.24) is 10.1 Å². The lowest BCUT2D eigenvalue weighted by Crippen LogP contribution is -2.15. The molecule has 1 aromatic heterocycles. The molecule has 1 N–H and O–H groups in total. The molecule has 0 aliphatic heterocycles. The summed E-state index contributed by atoms with van der Waals surface area (Å²) in [6.07, 6.45) is 0.441. The van der Waals surface area contributed by atoms with Crippen LogP contribution in [0.4, 0.5) is 5.69 Å². The lowest BCUT2D eigenvalue weighted by atomic mass is 10.1. The molecule has 0 atom stereocenters. The zero-order valence-corrected chi connectivity index (χ0v) is 15.1. The first kappa shape index (κ1) is 18.3. The van der Waals surface area contributed by atoms with Gasteiger partial charge in [0.15, 0.2) is 0 Å². The number of para-hydroxylation sites is 1. The van der Waals surface area contributed by atoms with Crippen molar-refractivity contribution in [2.75, 3.05) is 12.4 Å². The Morgan fingerprint density at radius 2 is 1.85 bits per heavy atom. The van der Waals surface area contributed by atoms with Crippen molar-refractivity contribution in [1.29, 1.82) is 0 Å². The number of carbonyl (C=O) groups excluding carboxylic acids is 2. The van der Waals surface area contributed by atoms with Crippen LogP contribution in [0.2, 0.25) is 0 Å². The summed E-state index contributed by atoms with van der Waals surface area (Å²) in [6.45, 7) is 2.00. The summed E-state index contributed by atoms with van der Waals surface area (Å²) in [5.74, 6) is 0.0930. The van der Waals surface area contributed by atoms with E-state index in [9.17, 15) is 9.59 Å². The van der Waals surface area contributed by atoms with Crippen LogP contribution in [-0.2, 0) is 16.0 Å². The minimum absolute atomic E-state index is 0.144. The van der Waals surface area contributed by atoms with Crippen molar-refractivity contribution >= 4 is 17.6 Å². The third kappa shape index (κ3) is 4.58. The van der Waals surface area contributed by atoms with E-state index in [1.807, 2.05) is 31.2 Å². The first-order valence-corrected chi connectivity index (χ1v) is 8.43. The van der Waals surface area contributed by atoms with Gasteiger partial charge in [-0.2, -0.15) is 4.98 Å². The van der Waals surface area contributed by atoms with Crippen molar-refractivity contribution < 1.29 is 18.8 Å². The fraction of sp³-hybridized carbons (Fsp3) is 0.200. The van der Waals surface area contributed by atoms with E-state index in [1.165, 1.54) is 7.11 Å². The molecular weight excluding hydrogens is 346 g/mol. The van der Waals surface area contributed by atoms with Crippen LogP contribution in [0.5, 0.6) is 0 Å². The van der Waals surface area contributed by atoms with Crippen molar-refractivity contribution in [2.45, 2.75) is 19.8 Å². The lowest BCUT2D eigenvalue weighted by molar-refractivity contribution is -0.116. The lowest BCUT2D eigenvalue weighted by Gasteiger charge is -2.08. The van der Waals surface area contributed by atoms with Crippen LogP contribution in [0.3, 0.4) is 0 Å². The van der Waals surface area contributed by atoms with Crippen LogP contribution in [0, 0.1) is 6.92 Å². The molecule has 2 aromatic carbocycles. The van der Waals surface area contributed by atoms with E-state index in [4.69, 9.17) is 9.26 Å². The molecule has 7 heteroatoms. The van der Waals surface area contributed by atoms with Crippen molar-refractivity contribution in [3.63, 3.8) is 0 Å². The Morgan fingerprint density at radius 3 is 2.59 bits per heavy atom. The molecule has 3 aromatic rings. The standard InChI is InChI=1S/C20H19N3O4/c1-13-7-9-14(10-8-13)19-22-18(27-23-19)12-11-17(24)21-16-6-4-3-5-15(16)20(25)26-2/h3-10H,11-12H2,1-2H3,(H,21,24). The summed E-state index contributed by atoms with van der Waals surface area (Å²) in [7, 11) is 1.29. The number of methoxy groups -OCH3 is 1. The number of rotatable bonds is 6. The zero-order chi connectivity index (χ0) is 19.2. The molecule has 1 heterocycles. The van der Waals surface area contributed by atoms with Gasteiger partial charge in [-0.25, -0.2) is 4.79 Å². The number of hydrogen-bond acceptors (Lipinski definition) is 6. The number of nitrogens with one attached hydrogen (secondary N) is 1. The molecular formula is C20H19N3O4. The van der Waals surface area contributed by atoms with Gasteiger partial charge in [0.1, 0.15) is 0 Å². The topological polar surface area (TPSA) is 94.3 Å². The number of nitrogens with zero attached hydrogens (tertiary/aromatic N) is 2. The number of aromatic nitrogens is 2. The van der Waals surface area contributed by atoms with Gasteiger partial charge in [-0.15, -0.1) is 0 Å². The van der Waals surface area contributed by atoms with Crippen LogP contribution < -0.4 is 5.32 Å². The highest BCUT2D eigenvalue weighted by Crippen LogP contribution is 2.18. The number of benzene rings is 2. The predicted octanol–water partition coefficient (Wildman–Crippen LogP) is 3.40. The van der Waals surface area contributed by atoms with E-state index in [-0.39, 0.29) is 12.3 Å². The second kappa shape index (κ2) is 8.27. The van der Waals surface area contributed by atoms with E-state index < -0.39 is 5.97 Å². The Hall–Kier alpha value is -3.48. The molecule has 138 valence electrons. The van der Waals surface area contributed by atoms with Gasteiger partial charge in [0, 0.05) is 18.4 Å². The number of hydrogen-bond donors (Lipinski definition) is 1. The van der Waals surface area contributed by atoms with Gasteiger partial charge in [-0.05, 0) is 19.1 Å². The van der Waals surface area contributed by atoms with Gasteiger partial charge in [-0.3, -0.25) is 4.79 Å². The highest BCUT2D eigenvalue weighted by molar-refractivity contribution is 6.01. The molecule has 0 unspecified atom stereocenters. The average Bonchev–Trinajstić information content (AvgIpc) is 3.16. The van der Waals surface area contributed by atoms with Gasteiger partial charge in [0.2, 0.25) is 17.6 Å². The van der Waals surface area contributed by atoms with Crippen molar-refractivity contribution in [3.8, 4) is 11.4 Å². The monoisotopic (exact) mass is 365 g/mol.